The number of nitrogens with zero attached hydrogens (tertiary/aromatic N) is 2. The Labute approximate surface area is 117 Å². The van der Waals surface area contributed by atoms with Crippen molar-refractivity contribution >= 4 is 16.9 Å². The molecule has 0 radical (unpaired) electrons. The van der Waals surface area contributed by atoms with E-state index in [2.05, 4.69) is 51.9 Å². The molecule has 4 heteroatoms. The Morgan fingerprint density at radius 3 is 2.67 bits per heavy atom. The average Bonchev–Trinajstić information content (AvgIpc) is 2.28. The predicted octanol–water partition coefficient (Wildman–Crippen LogP) is 2.82. The van der Waals surface area contributed by atoms with Crippen LogP contribution in [0.1, 0.15) is 41.0 Å². The molecule has 1 unspecified atom stereocenters. The average molecular weight is 271 g/mol. The molecule has 1 atom stereocenters. The van der Waals surface area contributed by atoms with Gasteiger partial charge in [0.25, 0.3) is 0 Å². The molecule has 0 spiro atoms. The fourth-order valence-electron chi connectivity index (χ4n) is 1.84. The van der Waals surface area contributed by atoms with Crippen LogP contribution in [0.3, 0.4) is 0 Å². The van der Waals surface area contributed by atoms with Gasteiger partial charge in [-0.15, -0.1) is 0 Å². The second-order valence-corrected chi connectivity index (χ2v) is 7.54. The molecule has 1 heterocycles. The molecule has 0 aromatic carbocycles. The SMILES string of the molecule is CC(C)N(C)CCN=C1NC(C(C)(C)C)CCS1. The van der Waals surface area contributed by atoms with Crippen molar-refractivity contribution in [3.8, 4) is 0 Å². The van der Waals surface area contributed by atoms with Gasteiger partial charge in [-0.2, -0.15) is 0 Å². The molecule has 0 bridgehead atoms. The topological polar surface area (TPSA) is 27.6 Å². The van der Waals surface area contributed by atoms with Crippen molar-refractivity contribution in [2.24, 2.45) is 10.4 Å². The van der Waals surface area contributed by atoms with Crippen molar-refractivity contribution in [2.45, 2.75) is 53.1 Å². The van der Waals surface area contributed by atoms with Crippen molar-refractivity contribution in [3.05, 3.63) is 0 Å². The molecule has 1 aliphatic rings. The first-order valence-corrected chi connectivity index (χ1v) is 7.93. The van der Waals surface area contributed by atoms with Gasteiger partial charge in [0.05, 0.1) is 6.54 Å². The lowest BCUT2D eigenvalue weighted by Gasteiger charge is -2.35. The first-order chi connectivity index (χ1) is 8.30. The Hall–Kier alpha value is -0.220. The second kappa shape index (κ2) is 6.80. The number of aliphatic imine (C=N–C) groups is 1. The van der Waals surface area contributed by atoms with Crippen LogP contribution in [-0.2, 0) is 0 Å². The smallest absolute Gasteiger partial charge is 0.156 e. The lowest BCUT2D eigenvalue weighted by Crippen LogP contribution is -2.46. The molecular formula is C14H29N3S. The quantitative estimate of drug-likeness (QED) is 0.852. The van der Waals surface area contributed by atoms with Gasteiger partial charge in [-0.3, -0.25) is 4.99 Å². The number of nitrogens with one attached hydrogen (secondary N) is 1. The molecule has 1 rings (SSSR count). The summed E-state index contributed by atoms with van der Waals surface area (Å²) < 4.78 is 0. The summed E-state index contributed by atoms with van der Waals surface area (Å²) in [4.78, 5) is 7.03. The Balaban J connectivity index is 2.42. The highest BCUT2D eigenvalue weighted by Crippen LogP contribution is 2.27. The highest BCUT2D eigenvalue weighted by Gasteiger charge is 2.28. The first-order valence-electron chi connectivity index (χ1n) is 6.94. The molecule has 0 amide bonds. The molecule has 0 aromatic heterocycles. The van der Waals surface area contributed by atoms with Crippen molar-refractivity contribution in [1.29, 1.82) is 0 Å². The van der Waals surface area contributed by atoms with E-state index in [0.717, 1.165) is 18.3 Å². The minimum atomic E-state index is 0.316. The third-order valence-electron chi connectivity index (χ3n) is 3.58. The number of thioether (sulfide) groups is 1. The van der Waals surface area contributed by atoms with Crippen LogP contribution in [-0.4, -0.2) is 48.0 Å². The normalized spacial score (nSPS) is 23.8. The fourth-order valence-corrected chi connectivity index (χ4v) is 2.80. The largest absolute Gasteiger partial charge is 0.362 e. The monoisotopic (exact) mass is 271 g/mol. The number of hydrogen-bond donors (Lipinski definition) is 1. The Morgan fingerprint density at radius 2 is 2.11 bits per heavy atom. The van der Waals surface area contributed by atoms with Crippen LogP contribution in [0.2, 0.25) is 0 Å². The molecule has 1 N–H and O–H groups in total. The zero-order valence-electron chi connectivity index (χ0n) is 12.8. The van der Waals surface area contributed by atoms with Crippen LogP contribution in [0, 0.1) is 5.41 Å². The lowest BCUT2D eigenvalue weighted by molar-refractivity contribution is 0.280. The molecule has 0 aromatic rings. The minimum Gasteiger partial charge on any atom is -0.362 e. The number of rotatable bonds is 4. The van der Waals surface area contributed by atoms with Gasteiger partial charge in [-0.05, 0) is 32.7 Å². The van der Waals surface area contributed by atoms with Gasteiger partial charge in [0.15, 0.2) is 5.17 Å². The van der Waals surface area contributed by atoms with Gasteiger partial charge in [0.2, 0.25) is 0 Å². The van der Waals surface area contributed by atoms with Gasteiger partial charge in [0.1, 0.15) is 0 Å². The summed E-state index contributed by atoms with van der Waals surface area (Å²) in [5.41, 5.74) is 0.316. The third kappa shape index (κ3) is 5.19. The molecule has 1 aliphatic heterocycles. The van der Waals surface area contributed by atoms with E-state index in [4.69, 9.17) is 4.99 Å². The molecule has 106 valence electrons. The Kier molecular flexibility index (Phi) is 5.99. The van der Waals surface area contributed by atoms with Gasteiger partial charge in [-0.25, -0.2) is 0 Å². The highest BCUT2D eigenvalue weighted by atomic mass is 32.2. The molecule has 18 heavy (non-hydrogen) atoms. The van der Waals surface area contributed by atoms with Gasteiger partial charge in [0, 0.05) is 24.4 Å². The van der Waals surface area contributed by atoms with Crippen molar-refractivity contribution in [2.75, 3.05) is 25.9 Å². The van der Waals surface area contributed by atoms with Crippen LogP contribution in [0.15, 0.2) is 4.99 Å². The maximum Gasteiger partial charge on any atom is 0.156 e. The van der Waals surface area contributed by atoms with Crippen molar-refractivity contribution < 1.29 is 0 Å². The van der Waals surface area contributed by atoms with E-state index in [1.807, 2.05) is 11.8 Å². The highest BCUT2D eigenvalue weighted by molar-refractivity contribution is 8.13. The van der Waals surface area contributed by atoms with Gasteiger partial charge < -0.3 is 10.2 Å². The van der Waals surface area contributed by atoms with E-state index in [1.54, 1.807) is 0 Å². The molecule has 0 saturated carbocycles. The maximum absolute atomic E-state index is 4.70. The Bertz CT molecular complexity index is 281. The minimum absolute atomic E-state index is 0.316. The van der Waals surface area contributed by atoms with E-state index < -0.39 is 0 Å². The van der Waals surface area contributed by atoms with Crippen LogP contribution in [0.5, 0.6) is 0 Å². The van der Waals surface area contributed by atoms with E-state index in [0.29, 0.717) is 17.5 Å². The predicted molar refractivity (Wildman–Crippen MR) is 83.5 cm³/mol. The van der Waals surface area contributed by atoms with Crippen molar-refractivity contribution in [1.82, 2.24) is 10.2 Å². The zero-order valence-corrected chi connectivity index (χ0v) is 13.6. The first kappa shape index (κ1) is 15.8. The zero-order chi connectivity index (χ0) is 13.8. The van der Waals surface area contributed by atoms with Crippen molar-refractivity contribution in [3.63, 3.8) is 0 Å². The fraction of sp³-hybridized carbons (Fsp3) is 0.929. The summed E-state index contributed by atoms with van der Waals surface area (Å²) >= 11 is 1.86. The second-order valence-electron chi connectivity index (χ2n) is 6.46. The van der Waals surface area contributed by atoms with Gasteiger partial charge >= 0.3 is 0 Å². The molecule has 0 aliphatic carbocycles. The summed E-state index contributed by atoms with van der Waals surface area (Å²) in [6.45, 7) is 13.2. The number of likely N-dealkylation sites (N-methyl/N-ethyl adjacent to an activating group) is 1. The molecule has 3 nitrogen and oxygen atoms in total. The standard InChI is InChI=1S/C14H29N3S/c1-11(2)17(6)9-8-15-13-16-12(7-10-18-13)14(3,4)5/h11-12H,7-10H2,1-6H3,(H,15,16). The lowest BCUT2D eigenvalue weighted by atomic mass is 9.85. The summed E-state index contributed by atoms with van der Waals surface area (Å²) in [5, 5.41) is 4.73. The van der Waals surface area contributed by atoms with E-state index in [1.165, 1.54) is 12.2 Å². The van der Waals surface area contributed by atoms with Crippen LogP contribution < -0.4 is 5.32 Å². The van der Waals surface area contributed by atoms with E-state index >= 15 is 0 Å². The molecular weight excluding hydrogens is 242 g/mol. The van der Waals surface area contributed by atoms with Gasteiger partial charge in [-0.1, -0.05) is 32.5 Å². The Morgan fingerprint density at radius 1 is 1.44 bits per heavy atom. The van der Waals surface area contributed by atoms with E-state index in [9.17, 15) is 0 Å². The number of hydrogen-bond acceptors (Lipinski definition) is 3. The van der Waals surface area contributed by atoms with Crippen LogP contribution >= 0.6 is 11.8 Å². The van der Waals surface area contributed by atoms with E-state index in [-0.39, 0.29) is 0 Å². The third-order valence-corrected chi connectivity index (χ3v) is 4.54. The molecule has 1 fully saturated rings. The van der Waals surface area contributed by atoms with Crippen LogP contribution in [0.25, 0.3) is 0 Å². The maximum atomic E-state index is 4.70. The summed E-state index contributed by atoms with van der Waals surface area (Å²) in [7, 11) is 2.16. The summed E-state index contributed by atoms with van der Waals surface area (Å²) in [6, 6.07) is 1.15. The summed E-state index contributed by atoms with van der Waals surface area (Å²) in [5.74, 6) is 1.19. The summed E-state index contributed by atoms with van der Waals surface area (Å²) in [6.07, 6.45) is 1.24. The number of amidine groups is 1. The van der Waals surface area contributed by atoms with Crippen LogP contribution in [0.4, 0.5) is 0 Å². The molecule has 1 saturated heterocycles.